The second kappa shape index (κ2) is 7.30. The largest absolute Gasteiger partial charge is 0.338 e. The van der Waals surface area contributed by atoms with Crippen LogP contribution in [0, 0.1) is 0 Å². The van der Waals surface area contributed by atoms with E-state index in [9.17, 15) is 8.42 Å². The first kappa shape index (κ1) is 17.5. The molecule has 1 aliphatic rings. The molecule has 0 unspecified atom stereocenters. The number of likely N-dealkylation sites (tertiary alicyclic amines) is 1. The van der Waals surface area contributed by atoms with Crippen molar-refractivity contribution >= 4 is 21.4 Å². The van der Waals surface area contributed by atoms with Gasteiger partial charge in [0.05, 0.1) is 6.04 Å². The molecule has 0 amide bonds. The first-order valence-electron chi connectivity index (χ1n) is 8.12. The predicted octanol–water partition coefficient (Wildman–Crippen LogP) is 2.20. The summed E-state index contributed by atoms with van der Waals surface area (Å²) in [6, 6.07) is 3.39. The number of aromatic nitrogens is 2. The number of hydrogen-bond donors (Lipinski definition) is 1. The predicted molar refractivity (Wildman–Crippen MR) is 91.3 cm³/mol. The van der Waals surface area contributed by atoms with Crippen LogP contribution in [0.15, 0.2) is 26.2 Å². The van der Waals surface area contributed by atoms with Crippen molar-refractivity contribution in [1.82, 2.24) is 19.8 Å². The van der Waals surface area contributed by atoms with Crippen molar-refractivity contribution in [3.8, 4) is 0 Å². The summed E-state index contributed by atoms with van der Waals surface area (Å²) in [5, 5.41) is 5.71. The van der Waals surface area contributed by atoms with E-state index in [2.05, 4.69) is 19.8 Å². The van der Waals surface area contributed by atoms with Gasteiger partial charge in [-0.3, -0.25) is 4.90 Å². The maximum Gasteiger partial charge on any atom is 0.250 e. The van der Waals surface area contributed by atoms with Crippen LogP contribution >= 0.6 is 11.3 Å². The number of nitrogens with one attached hydrogen (secondary N) is 1. The van der Waals surface area contributed by atoms with Crippen LogP contribution in [0.5, 0.6) is 0 Å². The zero-order valence-electron chi connectivity index (χ0n) is 13.8. The smallest absolute Gasteiger partial charge is 0.250 e. The summed E-state index contributed by atoms with van der Waals surface area (Å²) < 4.78 is 33.1. The molecule has 0 aromatic carbocycles. The Balaban J connectivity index is 1.56. The minimum atomic E-state index is -3.40. The average Bonchev–Trinajstić information content (AvgIpc) is 3.26. The Hall–Kier alpha value is -1.29. The first-order valence-corrected chi connectivity index (χ1v) is 10.5. The van der Waals surface area contributed by atoms with Gasteiger partial charge in [-0.05, 0) is 31.2 Å². The van der Waals surface area contributed by atoms with Crippen molar-refractivity contribution in [3.63, 3.8) is 0 Å². The molecule has 2 aromatic rings. The zero-order chi connectivity index (χ0) is 17.2. The minimum absolute atomic E-state index is 0.0329. The summed E-state index contributed by atoms with van der Waals surface area (Å²) in [5.41, 5.74) is 0. The molecule has 7 nitrogen and oxygen atoms in total. The number of thiophene rings is 1. The van der Waals surface area contributed by atoms with E-state index in [-0.39, 0.29) is 12.1 Å². The average molecular weight is 371 g/mol. The van der Waals surface area contributed by atoms with E-state index in [0.717, 1.165) is 38.2 Å². The molecule has 0 radical (unpaired) electrons. The van der Waals surface area contributed by atoms with Crippen LogP contribution in [-0.2, 0) is 16.4 Å². The summed E-state index contributed by atoms with van der Waals surface area (Å²) in [7, 11) is -3.40. The van der Waals surface area contributed by atoms with Crippen molar-refractivity contribution in [2.75, 3.05) is 13.1 Å². The second-order valence-corrected chi connectivity index (χ2v) is 8.83. The number of piperidine rings is 1. The van der Waals surface area contributed by atoms with Gasteiger partial charge in [0.25, 0.3) is 0 Å². The van der Waals surface area contributed by atoms with Gasteiger partial charge >= 0.3 is 0 Å². The normalized spacial score (nSPS) is 18.8. The first-order chi connectivity index (χ1) is 11.5. The van der Waals surface area contributed by atoms with Crippen molar-refractivity contribution in [2.24, 2.45) is 0 Å². The minimum Gasteiger partial charge on any atom is -0.338 e. The highest BCUT2D eigenvalue weighted by Gasteiger charge is 2.29. The van der Waals surface area contributed by atoms with Gasteiger partial charge in [-0.15, -0.1) is 11.3 Å². The molecule has 1 fully saturated rings. The molecule has 3 heterocycles. The van der Waals surface area contributed by atoms with E-state index in [4.69, 9.17) is 4.52 Å². The Kier molecular flexibility index (Phi) is 5.33. The molecule has 2 aromatic heterocycles. The molecule has 132 valence electrons. The lowest BCUT2D eigenvalue weighted by molar-refractivity contribution is 0.134. The fraction of sp³-hybridized carbons (Fsp3) is 0.600. The van der Waals surface area contributed by atoms with Crippen LogP contribution in [0.2, 0.25) is 0 Å². The third kappa shape index (κ3) is 3.85. The number of aryl methyl sites for hydroxylation is 1. The third-order valence-corrected chi connectivity index (χ3v) is 7.23. The quantitative estimate of drug-likeness (QED) is 0.839. The molecular weight excluding hydrogens is 348 g/mol. The van der Waals surface area contributed by atoms with Crippen LogP contribution in [0.25, 0.3) is 0 Å². The Bertz CT molecular complexity index is 750. The van der Waals surface area contributed by atoms with Gasteiger partial charge in [0, 0.05) is 25.6 Å². The van der Waals surface area contributed by atoms with Crippen molar-refractivity contribution < 1.29 is 12.9 Å². The lowest BCUT2D eigenvalue weighted by Crippen LogP contribution is -2.45. The summed E-state index contributed by atoms with van der Waals surface area (Å²) in [5.74, 6) is 1.35. The SMILES string of the molecule is CCc1noc([C@@H](C)N2CCC(NS(=O)(=O)c3cccs3)CC2)n1. The number of hydrogen-bond acceptors (Lipinski definition) is 7. The van der Waals surface area contributed by atoms with Crippen molar-refractivity contribution in [2.45, 2.75) is 49.4 Å². The molecule has 1 N–H and O–H groups in total. The third-order valence-electron chi connectivity index (χ3n) is 4.32. The lowest BCUT2D eigenvalue weighted by atomic mass is 10.0. The van der Waals surface area contributed by atoms with Crippen LogP contribution in [0.4, 0.5) is 0 Å². The summed E-state index contributed by atoms with van der Waals surface area (Å²) in [6.45, 7) is 5.62. The molecule has 24 heavy (non-hydrogen) atoms. The Labute approximate surface area is 146 Å². The highest BCUT2D eigenvalue weighted by molar-refractivity contribution is 7.91. The van der Waals surface area contributed by atoms with Crippen LogP contribution in [0.1, 0.15) is 44.4 Å². The highest BCUT2D eigenvalue weighted by Crippen LogP contribution is 2.24. The summed E-state index contributed by atoms with van der Waals surface area (Å²) >= 11 is 1.24. The van der Waals surface area contributed by atoms with Crippen LogP contribution < -0.4 is 4.72 Å². The van der Waals surface area contributed by atoms with Crippen LogP contribution in [-0.4, -0.2) is 42.6 Å². The molecular formula is C15H22N4O3S2. The number of rotatable bonds is 6. The lowest BCUT2D eigenvalue weighted by Gasteiger charge is -2.34. The van der Waals surface area contributed by atoms with Gasteiger partial charge in [0.1, 0.15) is 4.21 Å². The maximum absolute atomic E-state index is 12.3. The molecule has 1 atom stereocenters. The van der Waals surface area contributed by atoms with E-state index >= 15 is 0 Å². The van der Waals surface area contributed by atoms with E-state index in [1.807, 2.05) is 13.8 Å². The van der Waals surface area contributed by atoms with Gasteiger partial charge in [-0.1, -0.05) is 18.1 Å². The Morgan fingerprint density at radius 3 is 2.79 bits per heavy atom. The molecule has 1 aliphatic heterocycles. The van der Waals surface area contributed by atoms with Gasteiger partial charge in [0.15, 0.2) is 5.82 Å². The highest BCUT2D eigenvalue weighted by atomic mass is 32.2. The van der Waals surface area contributed by atoms with Crippen molar-refractivity contribution in [3.05, 3.63) is 29.2 Å². The number of sulfonamides is 1. The maximum atomic E-state index is 12.3. The Morgan fingerprint density at radius 2 is 2.21 bits per heavy atom. The second-order valence-electron chi connectivity index (χ2n) is 5.94. The van der Waals surface area contributed by atoms with Gasteiger partial charge < -0.3 is 4.52 Å². The molecule has 0 saturated carbocycles. The van der Waals surface area contributed by atoms with Gasteiger partial charge in [0.2, 0.25) is 15.9 Å². The molecule has 0 bridgehead atoms. The van der Waals surface area contributed by atoms with E-state index in [0.29, 0.717) is 10.1 Å². The molecule has 0 spiro atoms. The Morgan fingerprint density at radius 1 is 1.46 bits per heavy atom. The molecule has 3 rings (SSSR count). The zero-order valence-corrected chi connectivity index (χ0v) is 15.4. The fourth-order valence-electron chi connectivity index (χ4n) is 2.84. The fourth-order valence-corrected chi connectivity index (χ4v) is 5.15. The standard InChI is InChI=1S/C15H22N4O3S2/c1-3-13-16-15(22-17-13)11(2)19-8-6-12(7-9-19)18-24(20,21)14-5-4-10-23-14/h4-5,10-12,18H,3,6-9H2,1-2H3/t11-/m1/s1. The molecule has 9 heteroatoms. The summed E-state index contributed by atoms with van der Waals surface area (Å²) in [4.78, 5) is 6.64. The monoisotopic (exact) mass is 370 g/mol. The van der Waals surface area contributed by atoms with Gasteiger partial charge in [-0.2, -0.15) is 4.98 Å². The summed E-state index contributed by atoms with van der Waals surface area (Å²) in [6.07, 6.45) is 2.29. The molecule has 0 aliphatic carbocycles. The van der Waals surface area contributed by atoms with Crippen LogP contribution in [0.3, 0.4) is 0 Å². The topological polar surface area (TPSA) is 88.3 Å². The van der Waals surface area contributed by atoms with Crippen molar-refractivity contribution in [1.29, 1.82) is 0 Å². The van der Waals surface area contributed by atoms with E-state index in [1.165, 1.54) is 11.3 Å². The number of nitrogens with zero attached hydrogens (tertiary/aromatic N) is 3. The van der Waals surface area contributed by atoms with Gasteiger partial charge in [-0.25, -0.2) is 13.1 Å². The van der Waals surface area contributed by atoms with E-state index < -0.39 is 10.0 Å². The van der Waals surface area contributed by atoms with E-state index in [1.54, 1.807) is 17.5 Å². The molecule has 1 saturated heterocycles.